The second kappa shape index (κ2) is 4.55. The van der Waals surface area contributed by atoms with E-state index in [-0.39, 0.29) is 0 Å². The first-order valence-corrected chi connectivity index (χ1v) is 5.76. The van der Waals surface area contributed by atoms with Gasteiger partial charge in [-0.25, -0.2) is 9.97 Å². The first kappa shape index (κ1) is 10.9. The molecule has 88 valence electrons. The van der Waals surface area contributed by atoms with Gasteiger partial charge in [0.05, 0.1) is 0 Å². The molecule has 0 aliphatic heterocycles. The minimum atomic E-state index is -0.684. The number of benzene rings is 2. The highest BCUT2D eigenvalue weighted by Crippen LogP contribution is 2.24. The Labute approximate surface area is 105 Å². The zero-order valence-corrected chi connectivity index (χ0v) is 9.69. The molecule has 0 fully saturated rings. The van der Waals surface area contributed by atoms with Gasteiger partial charge < -0.3 is 5.11 Å². The number of hydrogen-bond acceptors (Lipinski definition) is 3. The highest BCUT2D eigenvalue weighted by atomic mass is 16.3. The largest absolute Gasteiger partial charge is 0.384 e. The molecule has 0 amide bonds. The molecule has 0 saturated heterocycles. The van der Waals surface area contributed by atoms with Crippen LogP contribution in [0.25, 0.3) is 10.8 Å². The lowest BCUT2D eigenvalue weighted by molar-refractivity contribution is 0.219. The molecule has 0 spiro atoms. The molecule has 0 radical (unpaired) electrons. The molecule has 0 aliphatic rings. The standard InChI is InChI=1S/C15H12N2O/c18-15(14-8-16-10-17-9-14)13-6-5-11-3-1-2-4-12(11)7-13/h1-10,15,18H. The SMILES string of the molecule is OC(c1cncnc1)c1ccc2ccccc2c1. The Morgan fingerprint density at radius 3 is 2.33 bits per heavy atom. The fourth-order valence-corrected chi connectivity index (χ4v) is 2.02. The Hall–Kier alpha value is -2.26. The van der Waals surface area contributed by atoms with E-state index >= 15 is 0 Å². The Bertz CT molecular complexity index is 667. The van der Waals surface area contributed by atoms with E-state index in [1.54, 1.807) is 12.4 Å². The van der Waals surface area contributed by atoms with Crippen LogP contribution < -0.4 is 0 Å². The number of nitrogens with zero attached hydrogens (tertiary/aromatic N) is 2. The van der Waals surface area contributed by atoms with Crippen LogP contribution in [0.15, 0.2) is 61.2 Å². The molecule has 1 atom stereocenters. The van der Waals surface area contributed by atoms with E-state index in [0.717, 1.165) is 16.3 Å². The van der Waals surface area contributed by atoms with Crippen LogP contribution in [0.2, 0.25) is 0 Å². The van der Waals surface area contributed by atoms with Gasteiger partial charge in [0.2, 0.25) is 0 Å². The lowest BCUT2D eigenvalue weighted by Crippen LogP contribution is -2.00. The maximum Gasteiger partial charge on any atom is 0.115 e. The second-order valence-electron chi connectivity index (χ2n) is 4.18. The number of hydrogen-bond donors (Lipinski definition) is 1. The molecule has 18 heavy (non-hydrogen) atoms. The van der Waals surface area contributed by atoms with Crippen molar-refractivity contribution in [2.45, 2.75) is 6.10 Å². The van der Waals surface area contributed by atoms with E-state index in [0.29, 0.717) is 5.56 Å². The van der Waals surface area contributed by atoms with Crippen molar-refractivity contribution in [3.8, 4) is 0 Å². The predicted octanol–water partition coefficient (Wildman–Crippen LogP) is 2.71. The van der Waals surface area contributed by atoms with E-state index in [1.807, 2.05) is 36.4 Å². The molecule has 0 bridgehead atoms. The molecule has 3 heteroatoms. The third-order valence-corrected chi connectivity index (χ3v) is 2.99. The van der Waals surface area contributed by atoms with Crippen LogP contribution in [0.3, 0.4) is 0 Å². The van der Waals surface area contributed by atoms with E-state index in [2.05, 4.69) is 16.0 Å². The normalized spacial score (nSPS) is 12.5. The van der Waals surface area contributed by atoms with Crippen LogP contribution in [-0.4, -0.2) is 15.1 Å². The Morgan fingerprint density at radius 2 is 1.56 bits per heavy atom. The zero-order valence-electron chi connectivity index (χ0n) is 9.69. The lowest BCUT2D eigenvalue weighted by atomic mass is 10.0. The van der Waals surface area contributed by atoms with E-state index < -0.39 is 6.10 Å². The number of aromatic nitrogens is 2. The third kappa shape index (κ3) is 1.96. The predicted molar refractivity (Wildman–Crippen MR) is 70.0 cm³/mol. The van der Waals surface area contributed by atoms with Gasteiger partial charge in [0, 0.05) is 18.0 Å². The van der Waals surface area contributed by atoms with Crippen molar-refractivity contribution in [1.29, 1.82) is 0 Å². The van der Waals surface area contributed by atoms with Gasteiger partial charge in [-0.2, -0.15) is 0 Å². The summed E-state index contributed by atoms with van der Waals surface area (Å²) in [5.41, 5.74) is 1.55. The Kier molecular flexibility index (Phi) is 2.74. The second-order valence-corrected chi connectivity index (χ2v) is 4.18. The van der Waals surface area contributed by atoms with Crippen LogP contribution >= 0.6 is 0 Å². The summed E-state index contributed by atoms with van der Waals surface area (Å²) < 4.78 is 0. The van der Waals surface area contributed by atoms with Crippen LogP contribution in [0.4, 0.5) is 0 Å². The summed E-state index contributed by atoms with van der Waals surface area (Å²) >= 11 is 0. The quantitative estimate of drug-likeness (QED) is 0.744. The highest BCUT2D eigenvalue weighted by Gasteiger charge is 2.10. The van der Waals surface area contributed by atoms with Crippen molar-refractivity contribution in [3.05, 3.63) is 72.3 Å². The van der Waals surface area contributed by atoms with Crippen molar-refractivity contribution in [2.24, 2.45) is 0 Å². The molecular formula is C15H12N2O. The molecule has 3 nitrogen and oxygen atoms in total. The van der Waals surface area contributed by atoms with Crippen LogP contribution in [-0.2, 0) is 0 Å². The van der Waals surface area contributed by atoms with Crippen molar-refractivity contribution in [2.75, 3.05) is 0 Å². The lowest BCUT2D eigenvalue weighted by Gasteiger charge is -2.11. The molecule has 1 unspecified atom stereocenters. The molecule has 0 aliphatic carbocycles. The molecule has 0 saturated carbocycles. The van der Waals surface area contributed by atoms with Crippen LogP contribution in [0.1, 0.15) is 17.2 Å². The number of rotatable bonds is 2. The summed E-state index contributed by atoms with van der Waals surface area (Å²) in [6, 6.07) is 14.0. The minimum absolute atomic E-state index is 0.684. The van der Waals surface area contributed by atoms with Gasteiger partial charge in [0.1, 0.15) is 12.4 Å². The number of aliphatic hydroxyl groups is 1. The Morgan fingerprint density at radius 1 is 0.833 bits per heavy atom. The molecule has 1 heterocycles. The fraction of sp³-hybridized carbons (Fsp3) is 0.0667. The topological polar surface area (TPSA) is 46.0 Å². The van der Waals surface area contributed by atoms with Crippen molar-refractivity contribution >= 4 is 10.8 Å². The molecule has 3 aromatic rings. The molecule has 1 N–H and O–H groups in total. The van der Waals surface area contributed by atoms with Gasteiger partial charge >= 0.3 is 0 Å². The Balaban J connectivity index is 2.04. The first-order chi connectivity index (χ1) is 8.84. The third-order valence-electron chi connectivity index (χ3n) is 2.99. The summed E-state index contributed by atoms with van der Waals surface area (Å²) in [6.45, 7) is 0. The fourth-order valence-electron chi connectivity index (χ4n) is 2.02. The van der Waals surface area contributed by atoms with Crippen molar-refractivity contribution in [1.82, 2.24) is 9.97 Å². The molecule has 1 aromatic heterocycles. The van der Waals surface area contributed by atoms with Crippen molar-refractivity contribution in [3.63, 3.8) is 0 Å². The van der Waals surface area contributed by atoms with Gasteiger partial charge in [-0.05, 0) is 22.4 Å². The maximum atomic E-state index is 10.3. The van der Waals surface area contributed by atoms with E-state index in [9.17, 15) is 5.11 Å². The average Bonchev–Trinajstić information content (AvgIpc) is 2.47. The number of aliphatic hydroxyl groups excluding tert-OH is 1. The van der Waals surface area contributed by atoms with Gasteiger partial charge in [-0.3, -0.25) is 0 Å². The summed E-state index contributed by atoms with van der Waals surface area (Å²) in [5.74, 6) is 0. The average molecular weight is 236 g/mol. The molecule has 3 rings (SSSR count). The summed E-state index contributed by atoms with van der Waals surface area (Å²) in [5, 5.41) is 12.6. The van der Waals surface area contributed by atoms with Crippen molar-refractivity contribution < 1.29 is 5.11 Å². The van der Waals surface area contributed by atoms with E-state index in [4.69, 9.17) is 0 Å². The summed E-state index contributed by atoms with van der Waals surface area (Å²) in [6.07, 6.45) is 4.03. The van der Waals surface area contributed by atoms with Gasteiger partial charge in [-0.15, -0.1) is 0 Å². The highest BCUT2D eigenvalue weighted by molar-refractivity contribution is 5.83. The van der Waals surface area contributed by atoms with E-state index in [1.165, 1.54) is 6.33 Å². The van der Waals surface area contributed by atoms with Crippen LogP contribution in [0.5, 0.6) is 0 Å². The first-order valence-electron chi connectivity index (χ1n) is 5.76. The van der Waals surface area contributed by atoms with Gasteiger partial charge in [-0.1, -0.05) is 36.4 Å². The number of fused-ring (bicyclic) bond motifs is 1. The smallest absolute Gasteiger partial charge is 0.115 e. The molecule has 2 aromatic carbocycles. The maximum absolute atomic E-state index is 10.3. The summed E-state index contributed by atoms with van der Waals surface area (Å²) in [7, 11) is 0. The molecular weight excluding hydrogens is 224 g/mol. The zero-order chi connectivity index (χ0) is 12.4. The summed E-state index contributed by atoms with van der Waals surface area (Å²) in [4.78, 5) is 7.84. The van der Waals surface area contributed by atoms with Gasteiger partial charge in [0.15, 0.2) is 0 Å². The van der Waals surface area contributed by atoms with Gasteiger partial charge in [0.25, 0.3) is 0 Å². The minimum Gasteiger partial charge on any atom is -0.384 e. The monoisotopic (exact) mass is 236 g/mol. The van der Waals surface area contributed by atoms with Crippen LogP contribution in [0, 0.1) is 0 Å².